The molecule has 3 aromatic heterocycles. The van der Waals surface area contributed by atoms with Crippen molar-refractivity contribution in [3.63, 3.8) is 0 Å². The summed E-state index contributed by atoms with van der Waals surface area (Å²) in [5.74, 6) is 0.937. The number of pyridine rings is 1. The fraction of sp³-hybridized carbons (Fsp3) is 0.167. The Morgan fingerprint density at radius 1 is 0.818 bits per heavy atom. The Labute approximate surface area is 197 Å². The number of aromatic nitrogens is 1. The number of aryl methyl sites for hydroxylation is 1. The predicted octanol–water partition coefficient (Wildman–Crippen LogP) is 9.14. The highest BCUT2D eigenvalue weighted by molar-refractivity contribution is 7.22. The van der Waals surface area contributed by atoms with E-state index in [0.717, 1.165) is 28.0 Å². The van der Waals surface area contributed by atoms with Gasteiger partial charge < -0.3 is 4.42 Å². The molecule has 6 rings (SSSR count). The molecule has 0 aliphatic heterocycles. The van der Waals surface area contributed by atoms with Gasteiger partial charge in [0, 0.05) is 37.7 Å². The lowest BCUT2D eigenvalue weighted by atomic mass is 9.82. The van der Waals surface area contributed by atoms with Gasteiger partial charge in [-0.3, -0.25) is 4.98 Å². The first-order valence-electron chi connectivity index (χ1n) is 11.3. The zero-order valence-electron chi connectivity index (χ0n) is 19.3. The smallest absolute Gasteiger partial charge is 0.142 e. The Balaban J connectivity index is 1.59. The third-order valence-corrected chi connectivity index (χ3v) is 7.46. The average molecular weight is 448 g/mol. The number of hydrogen-bond acceptors (Lipinski definition) is 3. The van der Waals surface area contributed by atoms with Gasteiger partial charge in [0.25, 0.3) is 0 Å². The van der Waals surface area contributed by atoms with E-state index in [1.54, 1.807) is 11.3 Å². The minimum absolute atomic E-state index is 0.0378. The number of benzene rings is 3. The van der Waals surface area contributed by atoms with Gasteiger partial charge in [-0.15, -0.1) is 11.3 Å². The molecule has 0 atom stereocenters. The maximum Gasteiger partial charge on any atom is 0.142 e. The topological polar surface area (TPSA) is 26.0 Å². The van der Waals surface area contributed by atoms with Gasteiger partial charge in [-0.05, 0) is 65.1 Å². The van der Waals surface area contributed by atoms with Crippen LogP contribution in [0.3, 0.4) is 0 Å². The maximum absolute atomic E-state index is 6.06. The SMILES string of the molecule is Cc1cc2cccc(-c3cc4c(-c5cc(C(C)(C)C)c6ccccc6c5)nccc4s3)c2o1. The van der Waals surface area contributed by atoms with Gasteiger partial charge in [0.2, 0.25) is 0 Å². The molecule has 6 aromatic rings. The zero-order chi connectivity index (χ0) is 22.7. The van der Waals surface area contributed by atoms with Crippen LogP contribution in [0.15, 0.2) is 83.4 Å². The number of furan rings is 1. The minimum Gasteiger partial charge on any atom is -0.461 e. The van der Waals surface area contributed by atoms with E-state index in [4.69, 9.17) is 9.40 Å². The van der Waals surface area contributed by atoms with Crippen molar-refractivity contribution >= 4 is 43.2 Å². The fourth-order valence-corrected chi connectivity index (χ4v) is 5.86. The van der Waals surface area contributed by atoms with Gasteiger partial charge in [-0.2, -0.15) is 0 Å². The van der Waals surface area contributed by atoms with E-state index >= 15 is 0 Å². The molecule has 0 aliphatic rings. The van der Waals surface area contributed by atoms with E-state index < -0.39 is 0 Å². The molecule has 0 N–H and O–H groups in total. The lowest BCUT2D eigenvalue weighted by molar-refractivity contribution is 0.579. The van der Waals surface area contributed by atoms with Crippen LogP contribution >= 0.6 is 11.3 Å². The molecule has 0 saturated carbocycles. The monoisotopic (exact) mass is 447 g/mol. The summed E-state index contributed by atoms with van der Waals surface area (Å²) < 4.78 is 7.29. The molecule has 0 radical (unpaired) electrons. The molecular weight excluding hydrogens is 422 g/mol. The second-order valence-electron chi connectivity index (χ2n) is 9.76. The van der Waals surface area contributed by atoms with E-state index in [1.807, 2.05) is 13.1 Å². The van der Waals surface area contributed by atoms with Crippen LogP contribution in [0.25, 0.3) is 53.5 Å². The lowest BCUT2D eigenvalue weighted by Crippen LogP contribution is -2.12. The number of nitrogens with zero attached hydrogens (tertiary/aromatic N) is 1. The zero-order valence-corrected chi connectivity index (χ0v) is 20.1. The third kappa shape index (κ3) is 3.35. The largest absolute Gasteiger partial charge is 0.461 e. The lowest BCUT2D eigenvalue weighted by Gasteiger charge is -2.22. The molecule has 162 valence electrons. The summed E-state index contributed by atoms with van der Waals surface area (Å²) in [5, 5.41) is 4.90. The van der Waals surface area contributed by atoms with E-state index in [9.17, 15) is 0 Å². The summed E-state index contributed by atoms with van der Waals surface area (Å²) >= 11 is 1.80. The van der Waals surface area contributed by atoms with Crippen LogP contribution in [0.4, 0.5) is 0 Å². The van der Waals surface area contributed by atoms with Crippen LogP contribution in [0.5, 0.6) is 0 Å². The summed E-state index contributed by atoms with van der Waals surface area (Å²) in [4.78, 5) is 6.07. The highest BCUT2D eigenvalue weighted by Crippen LogP contribution is 2.42. The molecule has 3 heterocycles. The molecule has 0 saturated heterocycles. The fourth-order valence-electron chi connectivity index (χ4n) is 4.78. The summed E-state index contributed by atoms with van der Waals surface area (Å²) in [6.07, 6.45) is 1.93. The molecule has 0 bridgehead atoms. The van der Waals surface area contributed by atoms with Crippen LogP contribution in [0, 0.1) is 6.92 Å². The first-order chi connectivity index (χ1) is 15.9. The van der Waals surface area contributed by atoms with Crippen molar-refractivity contribution in [3.05, 3.63) is 90.3 Å². The molecule has 33 heavy (non-hydrogen) atoms. The first-order valence-corrected chi connectivity index (χ1v) is 12.1. The second-order valence-corrected chi connectivity index (χ2v) is 10.8. The van der Waals surface area contributed by atoms with Crippen molar-refractivity contribution in [1.82, 2.24) is 4.98 Å². The van der Waals surface area contributed by atoms with Gasteiger partial charge in [0.1, 0.15) is 11.3 Å². The van der Waals surface area contributed by atoms with Gasteiger partial charge >= 0.3 is 0 Å². The van der Waals surface area contributed by atoms with Gasteiger partial charge in [0.15, 0.2) is 0 Å². The molecular formula is C30H25NOS. The molecule has 0 fully saturated rings. The number of thiophene rings is 1. The van der Waals surface area contributed by atoms with Crippen molar-refractivity contribution in [2.24, 2.45) is 0 Å². The van der Waals surface area contributed by atoms with E-state index in [1.165, 1.54) is 36.9 Å². The highest BCUT2D eigenvalue weighted by atomic mass is 32.1. The van der Waals surface area contributed by atoms with Crippen molar-refractivity contribution in [2.75, 3.05) is 0 Å². The molecule has 2 nitrogen and oxygen atoms in total. The van der Waals surface area contributed by atoms with Crippen molar-refractivity contribution in [3.8, 4) is 21.7 Å². The number of rotatable bonds is 2. The van der Waals surface area contributed by atoms with Crippen molar-refractivity contribution in [2.45, 2.75) is 33.1 Å². The molecule has 3 heteroatoms. The van der Waals surface area contributed by atoms with Gasteiger partial charge in [0.05, 0.1) is 5.69 Å². The molecule has 0 aliphatic carbocycles. The molecule has 0 spiro atoms. The van der Waals surface area contributed by atoms with Crippen LogP contribution < -0.4 is 0 Å². The quantitative estimate of drug-likeness (QED) is 0.264. The van der Waals surface area contributed by atoms with Gasteiger partial charge in [-0.25, -0.2) is 0 Å². The van der Waals surface area contributed by atoms with Crippen molar-refractivity contribution in [1.29, 1.82) is 0 Å². The van der Waals surface area contributed by atoms with Crippen LogP contribution in [-0.4, -0.2) is 4.98 Å². The Morgan fingerprint density at radius 3 is 2.48 bits per heavy atom. The Hall–Kier alpha value is -3.43. The van der Waals surface area contributed by atoms with Crippen molar-refractivity contribution < 1.29 is 4.42 Å². The number of hydrogen-bond donors (Lipinski definition) is 0. The molecule has 0 amide bonds. The number of fused-ring (bicyclic) bond motifs is 3. The van der Waals surface area contributed by atoms with Gasteiger partial charge in [-0.1, -0.05) is 57.2 Å². The third-order valence-electron chi connectivity index (χ3n) is 6.32. The summed E-state index contributed by atoms with van der Waals surface area (Å²) in [6.45, 7) is 8.84. The van der Waals surface area contributed by atoms with Crippen LogP contribution in [0.1, 0.15) is 32.1 Å². The minimum atomic E-state index is 0.0378. The summed E-state index contributed by atoms with van der Waals surface area (Å²) in [7, 11) is 0. The molecule has 3 aromatic carbocycles. The maximum atomic E-state index is 6.06. The molecule has 0 unspecified atom stereocenters. The average Bonchev–Trinajstić information content (AvgIpc) is 3.39. The number of para-hydroxylation sites is 1. The Bertz CT molecular complexity index is 1660. The van der Waals surface area contributed by atoms with Crippen LogP contribution in [0.2, 0.25) is 0 Å². The predicted molar refractivity (Wildman–Crippen MR) is 141 cm³/mol. The Morgan fingerprint density at radius 2 is 1.64 bits per heavy atom. The Kier molecular flexibility index (Phi) is 4.46. The summed E-state index contributed by atoms with van der Waals surface area (Å²) in [6, 6.07) is 26.1. The van der Waals surface area contributed by atoms with E-state index in [0.29, 0.717) is 0 Å². The highest BCUT2D eigenvalue weighted by Gasteiger charge is 2.20. The second kappa shape index (κ2) is 7.29. The summed E-state index contributed by atoms with van der Waals surface area (Å²) in [5.41, 5.74) is 5.68. The normalized spacial score (nSPS) is 12.2. The van der Waals surface area contributed by atoms with Crippen LogP contribution in [-0.2, 0) is 5.41 Å². The van der Waals surface area contributed by atoms with E-state index in [2.05, 4.69) is 93.6 Å². The van der Waals surface area contributed by atoms with E-state index in [-0.39, 0.29) is 5.41 Å². The standard InChI is InChI=1S/C30H25NOS/c1-18-14-20-9-7-11-23(29(20)32-18)27-17-24-26(33-27)12-13-31-28(24)21-15-19-8-5-6-10-22(19)25(16-21)30(2,3)4/h5-17H,1-4H3. The first kappa shape index (κ1) is 20.2.